The van der Waals surface area contributed by atoms with Crippen molar-refractivity contribution >= 4 is 11.6 Å². The van der Waals surface area contributed by atoms with Crippen molar-refractivity contribution in [2.24, 2.45) is 5.73 Å². The van der Waals surface area contributed by atoms with Crippen LogP contribution in [-0.4, -0.2) is 23.9 Å². The molecule has 15 heavy (non-hydrogen) atoms. The summed E-state index contributed by atoms with van der Waals surface area (Å²) in [4.78, 5) is 0. The lowest BCUT2D eigenvalue weighted by molar-refractivity contribution is 0.174. The molecule has 0 heterocycles. The fourth-order valence-corrected chi connectivity index (χ4v) is 1.42. The van der Waals surface area contributed by atoms with Crippen LogP contribution in [0.5, 0.6) is 5.75 Å². The van der Waals surface area contributed by atoms with Crippen LogP contribution >= 0.6 is 11.6 Å². The fourth-order valence-electron chi connectivity index (χ4n) is 1.29. The number of aliphatic hydroxyl groups excluding tert-OH is 1. The van der Waals surface area contributed by atoms with E-state index in [2.05, 4.69) is 0 Å². The summed E-state index contributed by atoms with van der Waals surface area (Å²) in [6.45, 7) is 1.90. The van der Waals surface area contributed by atoms with Gasteiger partial charge in [0.25, 0.3) is 0 Å². The highest BCUT2D eigenvalue weighted by Gasteiger charge is 2.09. The highest BCUT2D eigenvalue weighted by Crippen LogP contribution is 2.17. The quantitative estimate of drug-likeness (QED) is 0.810. The number of hydrogen-bond acceptors (Lipinski definition) is 3. The molecule has 0 bridgehead atoms. The number of rotatable bonds is 5. The largest absolute Gasteiger partial charge is 0.491 e. The summed E-state index contributed by atoms with van der Waals surface area (Å²) in [5.41, 5.74) is 5.60. The summed E-state index contributed by atoms with van der Waals surface area (Å²) in [6, 6.07) is 6.94. The molecule has 3 nitrogen and oxygen atoms in total. The molecule has 1 aromatic rings. The van der Waals surface area contributed by atoms with Gasteiger partial charge in [-0.05, 0) is 31.2 Å². The van der Waals surface area contributed by atoms with E-state index in [9.17, 15) is 0 Å². The third-order valence-corrected chi connectivity index (χ3v) is 2.27. The first kappa shape index (κ1) is 12.3. The van der Waals surface area contributed by atoms with Crippen LogP contribution in [0.3, 0.4) is 0 Å². The normalized spacial score (nSPS) is 14.7. The Hall–Kier alpha value is -0.770. The van der Waals surface area contributed by atoms with Crippen molar-refractivity contribution in [1.29, 1.82) is 0 Å². The Balaban J connectivity index is 2.44. The van der Waals surface area contributed by atoms with Crippen LogP contribution in [0.4, 0.5) is 0 Å². The summed E-state index contributed by atoms with van der Waals surface area (Å²) in [5, 5.41) is 9.47. The lowest BCUT2D eigenvalue weighted by Crippen LogP contribution is -2.30. The molecule has 3 N–H and O–H groups in total. The number of halogens is 1. The van der Waals surface area contributed by atoms with E-state index in [1.54, 1.807) is 12.1 Å². The molecule has 0 fully saturated rings. The van der Waals surface area contributed by atoms with Gasteiger partial charge in [-0.1, -0.05) is 11.6 Å². The van der Waals surface area contributed by atoms with Gasteiger partial charge in [-0.2, -0.15) is 0 Å². The van der Waals surface area contributed by atoms with Gasteiger partial charge in [0.05, 0.1) is 12.7 Å². The van der Waals surface area contributed by atoms with E-state index in [0.29, 0.717) is 11.4 Å². The van der Waals surface area contributed by atoms with Gasteiger partial charge in [0.15, 0.2) is 0 Å². The van der Waals surface area contributed by atoms with Crippen molar-refractivity contribution < 1.29 is 9.84 Å². The van der Waals surface area contributed by atoms with Gasteiger partial charge in [-0.25, -0.2) is 0 Å². The molecule has 0 saturated heterocycles. The van der Waals surface area contributed by atoms with Gasteiger partial charge >= 0.3 is 0 Å². The van der Waals surface area contributed by atoms with Crippen LogP contribution in [0.2, 0.25) is 5.02 Å². The zero-order chi connectivity index (χ0) is 11.3. The summed E-state index contributed by atoms with van der Waals surface area (Å²) in [6.07, 6.45) is 0.604. The summed E-state index contributed by atoms with van der Waals surface area (Å²) in [7, 11) is 0. The molecule has 0 amide bonds. The van der Waals surface area contributed by atoms with Crippen molar-refractivity contribution in [2.45, 2.75) is 25.5 Å². The standard InChI is InChI=1S/C11H16ClNO2/c1-8(6-10(13)7-14)15-11-4-2-9(12)3-5-11/h2-5,8,10,14H,6-7,13H2,1H3/t8-,10-/m0/s1. The third-order valence-electron chi connectivity index (χ3n) is 2.02. The maximum Gasteiger partial charge on any atom is 0.119 e. The Kier molecular flexibility index (Phi) is 4.88. The first-order valence-corrected chi connectivity index (χ1v) is 5.28. The van der Waals surface area contributed by atoms with Crippen LogP contribution in [0, 0.1) is 0 Å². The van der Waals surface area contributed by atoms with Crippen molar-refractivity contribution in [3.63, 3.8) is 0 Å². The van der Waals surface area contributed by atoms with Gasteiger partial charge < -0.3 is 15.6 Å². The van der Waals surface area contributed by atoms with Crippen LogP contribution in [0.1, 0.15) is 13.3 Å². The second-order valence-corrected chi connectivity index (χ2v) is 4.00. The van der Waals surface area contributed by atoms with Gasteiger partial charge in [0, 0.05) is 17.5 Å². The molecule has 4 heteroatoms. The second kappa shape index (κ2) is 5.95. The molecule has 0 radical (unpaired) electrons. The lowest BCUT2D eigenvalue weighted by atomic mass is 10.1. The molecule has 1 rings (SSSR count). The van der Waals surface area contributed by atoms with Gasteiger partial charge in [0.2, 0.25) is 0 Å². The van der Waals surface area contributed by atoms with Crippen LogP contribution in [-0.2, 0) is 0 Å². The molecular weight excluding hydrogens is 214 g/mol. The zero-order valence-electron chi connectivity index (χ0n) is 8.69. The van der Waals surface area contributed by atoms with Crippen LogP contribution in [0.15, 0.2) is 24.3 Å². The maximum absolute atomic E-state index is 8.79. The summed E-state index contributed by atoms with van der Waals surface area (Å²) in [5.74, 6) is 0.761. The average molecular weight is 230 g/mol. The monoisotopic (exact) mass is 229 g/mol. The van der Waals surface area contributed by atoms with Crippen LogP contribution < -0.4 is 10.5 Å². The molecule has 1 aromatic carbocycles. The van der Waals surface area contributed by atoms with Crippen molar-refractivity contribution in [3.8, 4) is 5.75 Å². The Morgan fingerprint density at radius 3 is 2.53 bits per heavy atom. The van der Waals surface area contributed by atoms with Gasteiger partial charge in [-0.15, -0.1) is 0 Å². The third kappa shape index (κ3) is 4.51. The SMILES string of the molecule is C[C@@H](C[C@H](N)CO)Oc1ccc(Cl)cc1. The number of hydrogen-bond donors (Lipinski definition) is 2. The van der Waals surface area contributed by atoms with Crippen molar-refractivity contribution in [3.05, 3.63) is 29.3 Å². The maximum atomic E-state index is 8.79. The highest BCUT2D eigenvalue weighted by atomic mass is 35.5. The fraction of sp³-hybridized carbons (Fsp3) is 0.455. The number of ether oxygens (including phenoxy) is 1. The topological polar surface area (TPSA) is 55.5 Å². The molecule has 84 valence electrons. The minimum Gasteiger partial charge on any atom is -0.491 e. The van der Waals surface area contributed by atoms with Crippen molar-refractivity contribution in [1.82, 2.24) is 0 Å². The van der Waals surface area contributed by atoms with Gasteiger partial charge in [-0.3, -0.25) is 0 Å². The van der Waals surface area contributed by atoms with E-state index < -0.39 is 0 Å². The van der Waals surface area contributed by atoms with E-state index in [0.717, 1.165) is 5.75 Å². The number of nitrogens with two attached hydrogens (primary N) is 1. The van der Waals surface area contributed by atoms with E-state index in [1.807, 2.05) is 19.1 Å². The first-order valence-electron chi connectivity index (χ1n) is 4.90. The first-order chi connectivity index (χ1) is 7.11. The van der Waals surface area contributed by atoms with E-state index in [-0.39, 0.29) is 18.8 Å². The summed E-state index contributed by atoms with van der Waals surface area (Å²) < 4.78 is 5.59. The van der Waals surface area contributed by atoms with Gasteiger partial charge in [0.1, 0.15) is 5.75 Å². The molecule has 0 unspecified atom stereocenters. The minimum absolute atomic E-state index is 0.0195. The predicted molar refractivity (Wildman–Crippen MR) is 61.2 cm³/mol. The van der Waals surface area contributed by atoms with E-state index >= 15 is 0 Å². The molecule has 0 spiro atoms. The van der Waals surface area contributed by atoms with Crippen LogP contribution in [0.25, 0.3) is 0 Å². The smallest absolute Gasteiger partial charge is 0.119 e. The molecular formula is C11H16ClNO2. The Labute approximate surface area is 94.8 Å². The number of aliphatic hydroxyl groups is 1. The minimum atomic E-state index is -0.229. The van der Waals surface area contributed by atoms with Crippen molar-refractivity contribution in [2.75, 3.05) is 6.61 Å². The lowest BCUT2D eigenvalue weighted by Gasteiger charge is -2.17. The number of benzene rings is 1. The average Bonchev–Trinajstić information content (AvgIpc) is 2.21. The zero-order valence-corrected chi connectivity index (χ0v) is 9.45. The van der Waals surface area contributed by atoms with E-state index in [4.69, 9.17) is 27.2 Å². The molecule has 0 aliphatic carbocycles. The highest BCUT2D eigenvalue weighted by molar-refractivity contribution is 6.30. The van der Waals surface area contributed by atoms with E-state index in [1.165, 1.54) is 0 Å². The Morgan fingerprint density at radius 1 is 1.40 bits per heavy atom. The molecule has 0 saturated carbocycles. The molecule has 2 atom stereocenters. The predicted octanol–water partition coefficient (Wildman–Crippen LogP) is 1.82. The molecule has 0 aromatic heterocycles. The Morgan fingerprint density at radius 2 is 2.00 bits per heavy atom. The molecule has 0 aliphatic heterocycles. The second-order valence-electron chi connectivity index (χ2n) is 3.56. The Bertz CT molecular complexity index is 289. The summed E-state index contributed by atoms with van der Waals surface area (Å²) >= 11 is 5.75. The molecule has 0 aliphatic rings.